The van der Waals surface area contributed by atoms with Crippen molar-refractivity contribution in [3.8, 4) is 0 Å². The lowest BCUT2D eigenvalue weighted by Crippen LogP contribution is -2.32. The van der Waals surface area contributed by atoms with Crippen LogP contribution >= 0.6 is 11.6 Å². The monoisotopic (exact) mass is 300 g/mol. The van der Waals surface area contributed by atoms with Gasteiger partial charge in [0.1, 0.15) is 11.6 Å². The summed E-state index contributed by atoms with van der Waals surface area (Å²) in [4.78, 5) is 0. The van der Waals surface area contributed by atoms with E-state index in [0.29, 0.717) is 22.8 Å². The van der Waals surface area contributed by atoms with Gasteiger partial charge in [-0.05, 0) is 25.5 Å². The zero-order chi connectivity index (χ0) is 14.9. The molecule has 0 spiro atoms. The van der Waals surface area contributed by atoms with Crippen molar-refractivity contribution in [1.82, 2.24) is 15.2 Å². The second-order valence-electron chi connectivity index (χ2n) is 4.39. The number of hydrogen-bond acceptors (Lipinski definition) is 3. The summed E-state index contributed by atoms with van der Waals surface area (Å²) in [7, 11) is 0. The van der Waals surface area contributed by atoms with E-state index < -0.39 is 17.7 Å². The molecule has 1 atom stereocenters. The Bertz CT molecular complexity index is 627. The molecule has 1 aromatic heterocycles. The predicted octanol–water partition coefficient (Wildman–Crippen LogP) is 2.70. The van der Waals surface area contributed by atoms with Gasteiger partial charge in [0.25, 0.3) is 0 Å². The van der Waals surface area contributed by atoms with Crippen molar-refractivity contribution in [2.24, 2.45) is 5.84 Å². The highest BCUT2D eigenvalue weighted by molar-refractivity contribution is 6.31. The van der Waals surface area contributed by atoms with Gasteiger partial charge in [0.15, 0.2) is 0 Å². The summed E-state index contributed by atoms with van der Waals surface area (Å²) in [6, 6.07) is 1.67. The van der Waals surface area contributed by atoms with E-state index in [9.17, 15) is 8.78 Å². The molecule has 1 heterocycles. The van der Waals surface area contributed by atoms with Gasteiger partial charge in [-0.2, -0.15) is 5.10 Å². The Morgan fingerprint density at radius 3 is 2.75 bits per heavy atom. The Hall–Kier alpha value is -1.50. The Morgan fingerprint density at radius 1 is 1.45 bits per heavy atom. The number of nitrogens with two attached hydrogens (primary N) is 1. The molecule has 7 heteroatoms. The normalized spacial score (nSPS) is 12.7. The molecule has 3 N–H and O–H groups in total. The highest BCUT2D eigenvalue weighted by Gasteiger charge is 2.27. The summed E-state index contributed by atoms with van der Waals surface area (Å²) in [6.45, 7) is 3.92. The molecule has 0 amide bonds. The number of aromatic nitrogens is 2. The van der Waals surface area contributed by atoms with E-state index in [1.54, 1.807) is 11.6 Å². The second kappa shape index (κ2) is 5.87. The summed E-state index contributed by atoms with van der Waals surface area (Å²) in [6.07, 6.45) is 1.43. The summed E-state index contributed by atoms with van der Waals surface area (Å²) in [5, 5.41) is 4.36. The minimum atomic E-state index is -0.912. The number of benzene rings is 1. The van der Waals surface area contributed by atoms with Crippen molar-refractivity contribution in [3.05, 3.63) is 51.8 Å². The van der Waals surface area contributed by atoms with Crippen LogP contribution in [0.3, 0.4) is 0 Å². The van der Waals surface area contributed by atoms with Gasteiger partial charge >= 0.3 is 0 Å². The molecule has 0 aliphatic carbocycles. The predicted molar refractivity (Wildman–Crippen MR) is 73.2 cm³/mol. The molecule has 0 fully saturated rings. The SMILES string of the molecule is CCn1ncc(Cl)c1C(NN)c1c(F)ccc(C)c1F. The molecule has 4 nitrogen and oxygen atoms in total. The van der Waals surface area contributed by atoms with Crippen LogP contribution in [-0.4, -0.2) is 9.78 Å². The van der Waals surface area contributed by atoms with Crippen LogP contribution in [-0.2, 0) is 6.54 Å². The van der Waals surface area contributed by atoms with Crippen LogP contribution in [0.25, 0.3) is 0 Å². The number of halogens is 3. The number of hydrogen-bond donors (Lipinski definition) is 2. The smallest absolute Gasteiger partial charge is 0.134 e. The molecule has 1 unspecified atom stereocenters. The second-order valence-corrected chi connectivity index (χ2v) is 4.79. The lowest BCUT2D eigenvalue weighted by molar-refractivity contribution is 0.481. The number of rotatable bonds is 4. The van der Waals surface area contributed by atoms with Crippen molar-refractivity contribution in [3.63, 3.8) is 0 Å². The molecule has 2 aromatic rings. The molecule has 20 heavy (non-hydrogen) atoms. The third kappa shape index (κ3) is 2.42. The minimum Gasteiger partial charge on any atom is -0.271 e. The zero-order valence-electron chi connectivity index (χ0n) is 11.1. The van der Waals surface area contributed by atoms with Crippen molar-refractivity contribution in [2.45, 2.75) is 26.4 Å². The summed E-state index contributed by atoms with van der Waals surface area (Å²) in [5.74, 6) is 4.16. The van der Waals surface area contributed by atoms with Gasteiger partial charge in [-0.1, -0.05) is 17.7 Å². The van der Waals surface area contributed by atoms with Gasteiger partial charge in [0.2, 0.25) is 0 Å². The van der Waals surface area contributed by atoms with Gasteiger partial charge in [0.05, 0.1) is 23.0 Å². The van der Waals surface area contributed by atoms with Crippen LogP contribution < -0.4 is 11.3 Å². The molecular weight excluding hydrogens is 286 g/mol. The van der Waals surface area contributed by atoms with E-state index in [-0.39, 0.29) is 5.56 Å². The number of hydrazine groups is 1. The Balaban J connectivity index is 2.64. The highest BCUT2D eigenvalue weighted by atomic mass is 35.5. The average molecular weight is 301 g/mol. The van der Waals surface area contributed by atoms with E-state index in [1.807, 2.05) is 6.92 Å². The van der Waals surface area contributed by atoms with Crippen molar-refractivity contribution < 1.29 is 8.78 Å². The van der Waals surface area contributed by atoms with Crippen LogP contribution in [0.2, 0.25) is 5.02 Å². The lowest BCUT2D eigenvalue weighted by atomic mass is 10.00. The van der Waals surface area contributed by atoms with Crippen LogP contribution in [0.5, 0.6) is 0 Å². The summed E-state index contributed by atoms with van der Waals surface area (Å²) in [5.41, 5.74) is 3.02. The molecule has 0 saturated heterocycles. The molecule has 0 bridgehead atoms. The van der Waals surface area contributed by atoms with Gasteiger partial charge < -0.3 is 0 Å². The maximum absolute atomic E-state index is 14.3. The standard InChI is InChI=1S/C13H15ClF2N4/c1-3-20-13(8(14)6-18-20)12(19-17)10-9(15)5-4-7(2)11(10)16/h4-6,12,19H,3,17H2,1-2H3. The fourth-order valence-corrected chi connectivity index (χ4v) is 2.40. The number of nitrogens with zero attached hydrogens (tertiary/aromatic N) is 2. The Kier molecular flexibility index (Phi) is 4.37. The molecule has 108 valence electrons. The van der Waals surface area contributed by atoms with Crippen LogP contribution in [0.1, 0.15) is 29.8 Å². The number of aryl methyl sites for hydroxylation is 2. The Morgan fingerprint density at radius 2 is 2.15 bits per heavy atom. The molecule has 0 radical (unpaired) electrons. The fraction of sp³-hybridized carbons (Fsp3) is 0.308. The Labute approximate surface area is 120 Å². The van der Waals surface area contributed by atoms with Crippen LogP contribution in [0.15, 0.2) is 18.3 Å². The highest BCUT2D eigenvalue weighted by Crippen LogP contribution is 2.31. The molecule has 2 rings (SSSR count). The van der Waals surface area contributed by atoms with Crippen LogP contribution in [0, 0.1) is 18.6 Å². The first-order valence-corrected chi connectivity index (χ1v) is 6.50. The van der Waals surface area contributed by atoms with E-state index >= 15 is 0 Å². The van der Waals surface area contributed by atoms with Gasteiger partial charge in [-0.15, -0.1) is 0 Å². The number of nitrogens with one attached hydrogen (secondary N) is 1. The molecule has 0 aliphatic heterocycles. The van der Waals surface area contributed by atoms with Gasteiger partial charge in [-0.3, -0.25) is 10.5 Å². The topological polar surface area (TPSA) is 55.9 Å². The molecule has 0 saturated carbocycles. The van der Waals surface area contributed by atoms with Crippen molar-refractivity contribution in [1.29, 1.82) is 0 Å². The maximum Gasteiger partial charge on any atom is 0.134 e. The van der Waals surface area contributed by atoms with Gasteiger partial charge in [-0.25, -0.2) is 14.2 Å². The summed E-state index contributed by atoms with van der Waals surface area (Å²) >= 11 is 6.07. The zero-order valence-corrected chi connectivity index (χ0v) is 11.9. The first-order chi connectivity index (χ1) is 9.51. The third-order valence-corrected chi connectivity index (χ3v) is 3.47. The summed E-state index contributed by atoms with van der Waals surface area (Å²) < 4.78 is 29.8. The van der Waals surface area contributed by atoms with Crippen molar-refractivity contribution >= 4 is 11.6 Å². The minimum absolute atomic E-state index is 0.162. The first kappa shape index (κ1) is 14.9. The fourth-order valence-electron chi connectivity index (χ4n) is 2.15. The quantitative estimate of drug-likeness (QED) is 0.674. The maximum atomic E-state index is 14.3. The van der Waals surface area contributed by atoms with Gasteiger partial charge in [0, 0.05) is 12.1 Å². The van der Waals surface area contributed by atoms with E-state index in [4.69, 9.17) is 17.4 Å². The third-order valence-electron chi connectivity index (χ3n) is 3.18. The van der Waals surface area contributed by atoms with Crippen LogP contribution in [0.4, 0.5) is 8.78 Å². The van der Waals surface area contributed by atoms with E-state index in [2.05, 4.69) is 10.5 Å². The molecule has 1 aromatic carbocycles. The molecule has 0 aliphatic rings. The van der Waals surface area contributed by atoms with E-state index in [1.165, 1.54) is 18.3 Å². The first-order valence-electron chi connectivity index (χ1n) is 6.13. The molecular formula is C13H15ClF2N4. The van der Waals surface area contributed by atoms with E-state index in [0.717, 1.165) is 0 Å². The largest absolute Gasteiger partial charge is 0.271 e. The average Bonchev–Trinajstić information content (AvgIpc) is 2.80. The lowest BCUT2D eigenvalue weighted by Gasteiger charge is -2.20. The van der Waals surface area contributed by atoms with Crippen molar-refractivity contribution in [2.75, 3.05) is 0 Å².